The quantitative estimate of drug-likeness (QED) is 0.416. The average molecular weight is 473 g/mol. The van der Waals surface area contributed by atoms with Crippen LogP contribution in [0.15, 0.2) is 42.9 Å². The zero-order chi connectivity index (χ0) is 24.5. The van der Waals surface area contributed by atoms with Crippen LogP contribution in [0.5, 0.6) is 11.5 Å². The van der Waals surface area contributed by atoms with Crippen LogP contribution in [-0.2, 0) is 0 Å². The van der Waals surface area contributed by atoms with E-state index in [1.807, 2.05) is 16.7 Å². The normalized spacial score (nSPS) is 14.3. The Balaban J connectivity index is 1.71. The monoisotopic (exact) mass is 473 g/mol. The number of alkyl halides is 3. The van der Waals surface area contributed by atoms with E-state index in [2.05, 4.69) is 29.2 Å². The standard InChI is InChI=1S/C25H26F3N3O3/c1-30-10-4-5-17(14-30)16-6-7-20-19(11-16)29-15-31(20)18-12-22(33-2)24(23(13-18)34-3)21(32)8-9-25(26,27)28/h6-7,11-15H,4-5,8-10H2,1-3H3. The van der Waals surface area contributed by atoms with Gasteiger partial charge in [-0.25, -0.2) is 4.98 Å². The molecule has 0 amide bonds. The van der Waals surface area contributed by atoms with E-state index in [1.165, 1.54) is 19.8 Å². The van der Waals surface area contributed by atoms with Crippen LogP contribution >= 0.6 is 0 Å². The van der Waals surface area contributed by atoms with Crippen molar-refractivity contribution in [3.05, 3.63) is 54.0 Å². The molecule has 0 N–H and O–H groups in total. The topological polar surface area (TPSA) is 56.6 Å². The van der Waals surface area contributed by atoms with E-state index in [4.69, 9.17) is 9.47 Å². The molecule has 180 valence electrons. The van der Waals surface area contributed by atoms with Gasteiger partial charge in [0.25, 0.3) is 0 Å². The number of aromatic nitrogens is 2. The first-order valence-corrected chi connectivity index (χ1v) is 10.9. The number of allylic oxidation sites excluding steroid dienone is 1. The first-order valence-electron chi connectivity index (χ1n) is 10.9. The number of rotatable bonds is 7. The summed E-state index contributed by atoms with van der Waals surface area (Å²) in [6.45, 7) is 1.04. The van der Waals surface area contributed by atoms with Crippen LogP contribution in [-0.4, -0.2) is 54.2 Å². The Hall–Kier alpha value is -3.49. The summed E-state index contributed by atoms with van der Waals surface area (Å²) in [4.78, 5) is 19.3. The van der Waals surface area contributed by atoms with Crippen molar-refractivity contribution in [2.75, 3.05) is 27.8 Å². The fraction of sp³-hybridized carbons (Fsp3) is 0.360. The van der Waals surface area contributed by atoms with Gasteiger partial charge in [-0.15, -0.1) is 0 Å². The number of ketones is 1. The van der Waals surface area contributed by atoms with Crippen molar-refractivity contribution in [2.45, 2.75) is 31.9 Å². The number of imidazole rings is 1. The van der Waals surface area contributed by atoms with Gasteiger partial charge in [-0.05, 0) is 36.1 Å². The Morgan fingerprint density at radius 3 is 2.44 bits per heavy atom. The minimum atomic E-state index is -4.42. The van der Waals surface area contributed by atoms with Crippen LogP contribution in [0.3, 0.4) is 0 Å². The van der Waals surface area contributed by atoms with Crippen molar-refractivity contribution >= 4 is 22.4 Å². The number of methoxy groups -OCH3 is 2. The molecule has 34 heavy (non-hydrogen) atoms. The molecule has 0 fully saturated rings. The molecule has 0 bridgehead atoms. The minimum absolute atomic E-state index is 0.00179. The lowest BCUT2D eigenvalue weighted by atomic mass is 9.99. The number of nitrogens with zero attached hydrogens (tertiary/aromatic N) is 3. The fourth-order valence-corrected chi connectivity index (χ4v) is 4.24. The highest BCUT2D eigenvalue weighted by atomic mass is 19.4. The molecule has 9 heteroatoms. The van der Waals surface area contributed by atoms with Gasteiger partial charge in [0, 0.05) is 38.3 Å². The molecule has 0 spiro atoms. The number of fused-ring (bicyclic) bond motifs is 1. The summed E-state index contributed by atoms with van der Waals surface area (Å²) in [6.07, 6.45) is -0.385. The molecule has 4 rings (SSSR count). The third kappa shape index (κ3) is 4.88. The van der Waals surface area contributed by atoms with E-state index < -0.39 is 24.8 Å². The number of carbonyl (C=O) groups excluding carboxylic acids is 1. The van der Waals surface area contributed by atoms with Gasteiger partial charge in [0.2, 0.25) is 0 Å². The molecule has 0 unspecified atom stereocenters. The molecule has 6 nitrogen and oxygen atoms in total. The maximum atomic E-state index is 12.6. The lowest BCUT2D eigenvalue weighted by molar-refractivity contribution is -0.133. The van der Waals surface area contributed by atoms with E-state index >= 15 is 0 Å². The van der Waals surface area contributed by atoms with E-state index in [0.29, 0.717) is 5.69 Å². The summed E-state index contributed by atoms with van der Waals surface area (Å²) in [7, 11) is 4.79. The van der Waals surface area contributed by atoms with Crippen LogP contribution in [0, 0.1) is 0 Å². The second-order valence-electron chi connectivity index (χ2n) is 8.32. The van der Waals surface area contributed by atoms with Gasteiger partial charge in [0.1, 0.15) is 23.4 Å². The number of benzene rings is 2. The molecule has 0 saturated carbocycles. The zero-order valence-corrected chi connectivity index (χ0v) is 19.3. The van der Waals surface area contributed by atoms with Gasteiger partial charge in [-0.3, -0.25) is 9.36 Å². The van der Waals surface area contributed by atoms with Crippen molar-refractivity contribution in [2.24, 2.45) is 0 Å². The average Bonchev–Trinajstić information content (AvgIpc) is 3.24. The third-order valence-corrected chi connectivity index (χ3v) is 5.93. The molecule has 0 aliphatic carbocycles. The van der Waals surface area contributed by atoms with Crippen molar-refractivity contribution in [1.29, 1.82) is 0 Å². The van der Waals surface area contributed by atoms with Crippen molar-refractivity contribution in [3.63, 3.8) is 0 Å². The molecule has 0 saturated heterocycles. The summed E-state index contributed by atoms with van der Waals surface area (Å²) in [5.74, 6) is -0.394. The maximum Gasteiger partial charge on any atom is 0.389 e. The summed E-state index contributed by atoms with van der Waals surface area (Å²) in [6, 6.07) is 9.29. The molecule has 1 aliphatic rings. The Kier molecular flexibility index (Phi) is 6.54. The smallest absolute Gasteiger partial charge is 0.389 e. The number of ether oxygens (including phenoxy) is 2. The molecular weight excluding hydrogens is 447 g/mol. The molecule has 1 aliphatic heterocycles. The number of carbonyl (C=O) groups is 1. The predicted molar refractivity (Wildman–Crippen MR) is 124 cm³/mol. The first-order chi connectivity index (χ1) is 16.2. The Bertz CT molecular complexity index is 1220. The van der Waals surface area contributed by atoms with E-state index in [0.717, 1.165) is 36.0 Å². The minimum Gasteiger partial charge on any atom is -0.496 e. The maximum absolute atomic E-state index is 12.6. The highest BCUT2D eigenvalue weighted by Crippen LogP contribution is 2.36. The number of hydrogen-bond donors (Lipinski definition) is 0. The molecule has 1 aromatic heterocycles. The van der Waals surface area contributed by atoms with Gasteiger partial charge in [-0.1, -0.05) is 6.07 Å². The van der Waals surface area contributed by atoms with E-state index in [1.54, 1.807) is 18.5 Å². The van der Waals surface area contributed by atoms with Gasteiger partial charge in [-0.2, -0.15) is 13.2 Å². The highest BCUT2D eigenvalue weighted by Gasteiger charge is 2.30. The zero-order valence-electron chi connectivity index (χ0n) is 19.3. The summed E-state index contributed by atoms with van der Waals surface area (Å²) >= 11 is 0. The summed E-state index contributed by atoms with van der Waals surface area (Å²) in [5, 5.41) is 0. The number of hydrogen-bond acceptors (Lipinski definition) is 5. The second-order valence-corrected chi connectivity index (χ2v) is 8.32. The SMILES string of the molecule is COc1cc(-n2cnc3cc(C4=CN(C)CCC4)ccc32)cc(OC)c1C(=O)CCC(F)(F)F. The van der Waals surface area contributed by atoms with Crippen LogP contribution in [0.4, 0.5) is 13.2 Å². The van der Waals surface area contributed by atoms with Crippen LogP contribution in [0.2, 0.25) is 0 Å². The van der Waals surface area contributed by atoms with Crippen LogP contribution in [0.1, 0.15) is 41.6 Å². The number of halogens is 3. The van der Waals surface area contributed by atoms with Gasteiger partial charge < -0.3 is 14.4 Å². The Morgan fingerprint density at radius 1 is 1.12 bits per heavy atom. The fourth-order valence-electron chi connectivity index (χ4n) is 4.24. The first kappa shape index (κ1) is 23.7. The van der Waals surface area contributed by atoms with Crippen molar-refractivity contribution < 1.29 is 27.4 Å². The van der Waals surface area contributed by atoms with Crippen molar-refractivity contribution in [3.8, 4) is 17.2 Å². The molecule has 3 aromatic rings. The summed E-state index contributed by atoms with van der Waals surface area (Å²) in [5.41, 5.74) is 4.63. The lowest BCUT2D eigenvalue weighted by Gasteiger charge is -2.22. The molecule has 2 aromatic carbocycles. The molecule has 0 atom stereocenters. The molecule has 0 radical (unpaired) electrons. The van der Waals surface area contributed by atoms with E-state index in [9.17, 15) is 18.0 Å². The lowest BCUT2D eigenvalue weighted by Crippen LogP contribution is -2.17. The van der Waals surface area contributed by atoms with Gasteiger partial charge in [0.05, 0.1) is 37.4 Å². The number of Topliss-reactive ketones (excluding diaryl/α,β-unsaturated/α-hetero) is 1. The summed E-state index contributed by atoms with van der Waals surface area (Å²) < 4.78 is 50.5. The molecule has 2 heterocycles. The van der Waals surface area contributed by atoms with Gasteiger partial charge >= 0.3 is 6.18 Å². The highest BCUT2D eigenvalue weighted by molar-refractivity contribution is 6.02. The van der Waals surface area contributed by atoms with Crippen LogP contribution < -0.4 is 9.47 Å². The third-order valence-electron chi connectivity index (χ3n) is 5.93. The van der Waals surface area contributed by atoms with Crippen molar-refractivity contribution in [1.82, 2.24) is 14.5 Å². The van der Waals surface area contributed by atoms with E-state index in [-0.39, 0.29) is 17.1 Å². The van der Waals surface area contributed by atoms with Gasteiger partial charge in [0.15, 0.2) is 5.78 Å². The Labute approximate surface area is 195 Å². The predicted octanol–water partition coefficient (Wildman–Crippen LogP) is 5.63. The molecular formula is C25H26F3N3O3. The van der Waals surface area contributed by atoms with Crippen LogP contribution in [0.25, 0.3) is 22.3 Å². The Morgan fingerprint density at radius 2 is 1.82 bits per heavy atom. The second kappa shape index (κ2) is 9.40. The largest absolute Gasteiger partial charge is 0.496 e.